The van der Waals surface area contributed by atoms with E-state index in [1.54, 1.807) is 38.1 Å². The lowest BCUT2D eigenvalue weighted by Crippen LogP contribution is -2.38. The molecule has 3 rings (SSSR count). The average Bonchev–Trinajstić information content (AvgIpc) is 3.27. The summed E-state index contributed by atoms with van der Waals surface area (Å²) in [5.74, 6) is -1.55. The molecule has 0 unspecified atom stereocenters. The van der Waals surface area contributed by atoms with E-state index in [0.29, 0.717) is 28.8 Å². The second-order valence-electron chi connectivity index (χ2n) is 7.37. The third-order valence-electron chi connectivity index (χ3n) is 4.71. The number of aliphatic imine (C=N–C) groups is 1. The molecule has 0 saturated heterocycles. The van der Waals surface area contributed by atoms with Gasteiger partial charge < -0.3 is 20.1 Å². The quantitative estimate of drug-likeness (QED) is 0.237. The van der Waals surface area contributed by atoms with Gasteiger partial charge in [0.1, 0.15) is 0 Å². The summed E-state index contributed by atoms with van der Waals surface area (Å²) in [5.41, 5.74) is 1.64. The van der Waals surface area contributed by atoms with Crippen LogP contribution in [0, 0.1) is 0 Å². The van der Waals surface area contributed by atoms with Crippen molar-refractivity contribution in [1.29, 1.82) is 0 Å². The maximum atomic E-state index is 13.2. The van der Waals surface area contributed by atoms with E-state index in [9.17, 15) is 14.4 Å². The zero-order valence-corrected chi connectivity index (χ0v) is 20.6. The summed E-state index contributed by atoms with van der Waals surface area (Å²) >= 11 is 1.53. The second-order valence-corrected chi connectivity index (χ2v) is 8.78. The number of para-hydroxylation sites is 1. The second kappa shape index (κ2) is 12.6. The summed E-state index contributed by atoms with van der Waals surface area (Å²) in [6, 6.07) is 15.8. The van der Waals surface area contributed by atoms with Crippen LogP contribution in [0.3, 0.4) is 0 Å². The molecule has 0 saturated carbocycles. The van der Waals surface area contributed by atoms with Gasteiger partial charge in [-0.25, -0.2) is 19.3 Å². The summed E-state index contributed by atoms with van der Waals surface area (Å²) in [4.78, 5) is 43.5. The van der Waals surface area contributed by atoms with Crippen LogP contribution in [0.15, 0.2) is 71.4 Å². The molecule has 2 amide bonds. The molecule has 1 atom stereocenters. The van der Waals surface area contributed by atoms with Gasteiger partial charge in [0, 0.05) is 22.8 Å². The molecular formula is C25H28N4O5S. The molecule has 1 aliphatic heterocycles. The number of rotatable bonds is 8. The lowest BCUT2D eigenvalue weighted by Gasteiger charge is -2.23. The Kier molecular flexibility index (Phi) is 9.31. The first-order chi connectivity index (χ1) is 16.9. The van der Waals surface area contributed by atoms with Gasteiger partial charge >= 0.3 is 18.0 Å². The SMILES string of the molecule is CCOC(=O)C(=CNc1ccc(N(C(=O)Nc2ccccc2)C2=NC[C@H](C)S2)cc1)C(=O)OCC. The van der Waals surface area contributed by atoms with Crippen LogP contribution >= 0.6 is 11.8 Å². The number of nitrogens with one attached hydrogen (secondary N) is 2. The molecule has 184 valence electrons. The van der Waals surface area contributed by atoms with E-state index in [0.717, 1.165) is 0 Å². The van der Waals surface area contributed by atoms with E-state index in [1.165, 1.54) is 22.9 Å². The van der Waals surface area contributed by atoms with E-state index < -0.39 is 11.9 Å². The lowest BCUT2D eigenvalue weighted by molar-refractivity contribution is -0.146. The zero-order valence-electron chi connectivity index (χ0n) is 19.8. The van der Waals surface area contributed by atoms with Crippen molar-refractivity contribution >= 4 is 52.0 Å². The number of thioether (sulfide) groups is 1. The Hall–Kier alpha value is -3.79. The summed E-state index contributed by atoms with van der Waals surface area (Å²) in [5, 5.41) is 6.70. The number of hydrogen-bond acceptors (Lipinski definition) is 8. The molecule has 0 aliphatic carbocycles. The Morgan fingerprint density at radius 3 is 2.17 bits per heavy atom. The van der Waals surface area contributed by atoms with Crippen LogP contribution < -0.4 is 15.5 Å². The summed E-state index contributed by atoms with van der Waals surface area (Å²) in [6.45, 7) is 6.25. The van der Waals surface area contributed by atoms with Gasteiger partial charge in [-0.1, -0.05) is 36.9 Å². The molecule has 0 spiro atoms. The molecule has 2 aromatic rings. The Morgan fingerprint density at radius 2 is 1.63 bits per heavy atom. The van der Waals surface area contributed by atoms with E-state index in [4.69, 9.17) is 9.47 Å². The Morgan fingerprint density at radius 1 is 1.00 bits per heavy atom. The fraction of sp³-hybridized carbons (Fsp3) is 0.280. The molecular weight excluding hydrogens is 468 g/mol. The minimum atomic E-state index is -0.774. The molecule has 1 aliphatic rings. The summed E-state index contributed by atoms with van der Waals surface area (Å²) in [7, 11) is 0. The van der Waals surface area contributed by atoms with Crippen LogP contribution in [0.2, 0.25) is 0 Å². The predicted octanol–water partition coefficient (Wildman–Crippen LogP) is 4.64. The minimum absolute atomic E-state index is 0.131. The van der Waals surface area contributed by atoms with Crippen molar-refractivity contribution in [2.45, 2.75) is 26.0 Å². The van der Waals surface area contributed by atoms with E-state index in [-0.39, 0.29) is 30.1 Å². The first kappa shape index (κ1) is 25.8. The number of amidine groups is 1. The number of nitrogens with zero attached hydrogens (tertiary/aromatic N) is 2. The Bertz CT molecular complexity index is 1080. The number of carbonyl (C=O) groups is 3. The van der Waals surface area contributed by atoms with Crippen LogP contribution in [0.25, 0.3) is 0 Å². The zero-order chi connectivity index (χ0) is 25.2. The number of anilines is 3. The monoisotopic (exact) mass is 496 g/mol. The third-order valence-corrected chi connectivity index (χ3v) is 5.78. The number of urea groups is 1. The van der Waals surface area contributed by atoms with Gasteiger partial charge in [-0.05, 0) is 50.2 Å². The summed E-state index contributed by atoms with van der Waals surface area (Å²) in [6.07, 6.45) is 1.25. The van der Waals surface area contributed by atoms with Crippen molar-refractivity contribution in [3.63, 3.8) is 0 Å². The number of amides is 2. The van der Waals surface area contributed by atoms with Gasteiger partial charge in [-0.15, -0.1) is 0 Å². The van der Waals surface area contributed by atoms with Crippen LogP contribution in [-0.2, 0) is 19.1 Å². The van der Waals surface area contributed by atoms with Gasteiger partial charge in [-0.2, -0.15) is 0 Å². The Labute approximate surface area is 208 Å². The van der Waals surface area contributed by atoms with Gasteiger partial charge in [0.15, 0.2) is 10.7 Å². The van der Waals surface area contributed by atoms with Gasteiger partial charge in [0.25, 0.3) is 0 Å². The van der Waals surface area contributed by atoms with Crippen molar-refractivity contribution in [3.8, 4) is 0 Å². The number of esters is 2. The highest BCUT2D eigenvalue weighted by Gasteiger charge is 2.27. The van der Waals surface area contributed by atoms with Crippen molar-refractivity contribution in [2.75, 3.05) is 35.3 Å². The molecule has 2 aromatic carbocycles. The standard InChI is InChI=1S/C25H28N4O5S/c1-4-33-22(30)21(23(31)34-5-2)16-26-18-11-13-20(14-12-18)29(25-27-15-17(3)35-25)24(32)28-19-9-7-6-8-10-19/h6-14,16-17,26H,4-5,15H2,1-3H3,(H,28,32)/t17-/m0/s1. The largest absolute Gasteiger partial charge is 0.462 e. The highest BCUT2D eigenvalue weighted by molar-refractivity contribution is 8.15. The fourth-order valence-electron chi connectivity index (χ4n) is 3.08. The first-order valence-electron chi connectivity index (χ1n) is 11.2. The van der Waals surface area contributed by atoms with Crippen molar-refractivity contribution in [2.24, 2.45) is 4.99 Å². The number of ether oxygens (including phenoxy) is 2. The highest BCUT2D eigenvalue weighted by atomic mass is 32.2. The molecule has 9 nitrogen and oxygen atoms in total. The number of benzene rings is 2. The maximum absolute atomic E-state index is 13.2. The maximum Gasteiger partial charge on any atom is 0.347 e. The normalized spacial score (nSPS) is 14.4. The van der Waals surface area contributed by atoms with Crippen LogP contribution in [0.5, 0.6) is 0 Å². The topological polar surface area (TPSA) is 109 Å². The smallest absolute Gasteiger partial charge is 0.347 e. The Balaban J connectivity index is 1.81. The molecule has 1 heterocycles. The molecule has 0 radical (unpaired) electrons. The van der Waals surface area contributed by atoms with Crippen LogP contribution in [-0.4, -0.2) is 48.1 Å². The molecule has 0 fully saturated rings. The molecule has 2 N–H and O–H groups in total. The lowest BCUT2D eigenvalue weighted by atomic mass is 10.2. The van der Waals surface area contributed by atoms with E-state index in [1.807, 2.05) is 30.3 Å². The van der Waals surface area contributed by atoms with Crippen LogP contribution in [0.4, 0.5) is 21.9 Å². The van der Waals surface area contributed by atoms with Gasteiger partial charge in [-0.3, -0.25) is 4.99 Å². The summed E-state index contributed by atoms with van der Waals surface area (Å²) < 4.78 is 9.87. The van der Waals surface area contributed by atoms with Crippen LogP contribution in [0.1, 0.15) is 20.8 Å². The average molecular weight is 497 g/mol. The first-order valence-corrected chi connectivity index (χ1v) is 12.1. The van der Waals surface area contributed by atoms with Crippen molar-refractivity contribution in [1.82, 2.24) is 0 Å². The van der Waals surface area contributed by atoms with Gasteiger partial charge in [0.05, 0.1) is 25.4 Å². The third kappa shape index (κ3) is 7.10. The number of carbonyl (C=O) groups excluding carboxylic acids is 3. The van der Waals surface area contributed by atoms with Crippen molar-refractivity contribution < 1.29 is 23.9 Å². The highest BCUT2D eigenvalue weighted by Crippen LogP contribution is 2.29. The fourth-order valence-corrected chi connectivity index (χ4v) is 4.03. The van der Waals surface area contributed by atoms with E-state index >= 15 is 0 Å². The molecule has 0 bridgehead atoms. The predicted molar refractivity (Wildman–Crippen MR) is 139 cm³/mol. The number of hydrogen-bond donors (Lipinski definition) is 2. The van der Waals surface area contributed by atoms with E-state index in [2.05, 4.69) is 22.5 Å². The molecule has 35 heavy (non-hydrogen) atoms. The van der Waals surface area contributed by atoms with Crippen molar-refractivity contribution in [3.05, 3.63) is 66.4 Å². The molecule has 10 heteroatoms. The van der Waals surface area contributed by atoms with Gasteiger partial charge in [0.2, 0.25) is 0 Å². The minimum Gasteiger partial charge on any atom is -0.462 e. The molecule has 0 aromatic heterocycles.